The number of aliphatic hydroxyl groups is 5. The van der Waals surface area contributed by atoms with Crippen LogP contribution in [0.1, 0.15) is 6.92 Å². The SMILES string of the molecule is CC(O)COC(COP(=O)(O)O)C(C(C=CCO)=CCO)C(C=CCO)=CCO. The molecule has 10 nitrogen and oxygen atoms in total. The van der Waals surface area contributed by atoms with Crippen molar-refractivity contribution in [2.45, 2.75) is 19.1 Å². The molecule has 0 bridgehead atoms. The maximum absolute atomic E-state index is 11.2. The van der Waals surface area contributed by atoms with Crippen LogP contribution < -0.4 is 0 Å². The normalized spacial score (nSPS) is 17.2. The van der Waals surface area contributed by atoms with Crippen LogP contribution in [0.5, 0.6) is 0 Å². The van der Waals surface area contributed by atoms with E-state index in [0.29, 0.717) is 11.1 Å². The molecule has 0 fully saturated rings. The molecule has 0 aliphatic carbocycles. The lowest BCUT2D eigenvalue weighted by Crippen LogP contribution is -2.33. The molecule has 0 spiro atoms. The smallest absolute Gasteiger partial charge is 0.392 e. The quantitative estimate of drug-likeness (QED) is 0.129. The van der Waals surface area contributed by atoms with E-state index in [2.05, 4.69) is 4.52 Å². The van der Waals surface area contributed by atoms with Crippen molar-refractivity contribution in [3.8, 4) is 0 Å². The molecular weight excluding hydrogens is 407 g/mol. The molecule has 0 aliphatic rings. The lowest BCUT2D eigenvalue weighted by Gasteiger charge is -2.30. The van der Waals surface area contributed by atoms with Gasteiger partial charge >= 0.3 is 7.82 Å². The third-order valence-corrected chi connectivity index (χ3v) is 4.02. The Kier molecular flexibility index (Phi) is 15.0. The number of ether oxygens (including phenoxy) is 1. The second-order valence-electron chi connectivity index (χ2n) is 5.93. The van der Waals surface area contributed by atoms with E-state index < -0.39 is 32.6 Å². The summed E-state index contributed by atoms with van der Waals surface area (Å²) in [6.45, 7) is -0.688. The standard InChI is InChI=1S/C18H31O10P/c1-14(23)12-27-17(13-28-29(24,25)26)18(15(6-10-21)4-2-8-19)16(7-11-22)5-3-9-20/h2-7,14,17-23H,8-13H2,1H3,(H2,24,25,26). The molecule has 168 valence electrons. The van der Waals surface area contributed by atoms with Crippen molar-refractivity contribution in [1.82, 2.24) is 0 Å². The van der Waals surface area contributed by atoms with Crippen molar-refractivity contribution in [3.05, 3.63) is 47.6 Å². The Balaban J connectivity index is 6.30. The topological polar surface area (TPSA) is 177 Å². The van der Waals surface area contributed by atoms with Crippen LogP contribution in [-0.2, 0) is 13.8 Å². The van der Waals surface area contributed by atoms with Crippen LogP contribution >= 0.6 is 7.82 Å². The Morgan fingerprint density at radius 2 is 1.38 bits per heavy atom. The van der Waals surface area contributed by atoms with Gasteiger partial charge < -0.3 is 40.1 Å². The lowest BCUT2D eigenvalue weighted by molar-refractivity contribution is -0.0393. The molecule has 0 saturated heterocycles. The third-order valence-electron chi connectivity index (χ3n) is 3.53. The fourth-order valence-electron chi connectivity index (χ4n) is 2.48. The number of hydrogen-bond donors (Lipinski definition) is 7. The van der Waals surface area contributed by atoms with Gasteiger partial charge in [-0.3, -0.25) is 4.52 Å². The minimum atomic E-state index is -4.84. The monoisotopic (exact) mass is 438 g/mol. The number of aliphatic hydroxyl groups excluding tert-OH is 5. The summed E-state index contributed by atoms with van der Waals surface area (Å²) in [4.78, 5) is 18.1. The van der Waals surface area contributed by atoms with Crippen LogP contribution in [0.4, 0.5) is 0 Å². The zero-order chi connectivity index (χ0) is 22.3. The second kappa shape index (κ2) is 15.6. The summed E-state index contributed by atoms with van der Waals surface area (Å²) in [6, 6.07) is 0. The zero-order valence-corrected chi connectivity index (χ0v) is 17.1. The van der Waals surface area contributed by atoms with E-state index in [4.69, 9.17) is 24.7 Å². The minimum Gasteiger partial charge on any atom is -0.392 e. The molecule has 2 unspecified atom stereocenters. The maximum atomic E-state index is 11.2. The summed E-state index contributed by atoms with van der Waals surface area (Å²) in [5.41, 5.74) is 0.794. The number of allylic oxidation sites excluding steroid dienone is 2. The van der Waals surface area contributed by atoms with Gasteiger partial charge in [0.15, 0.2) is 0 Å². The zero-order valence-electron chi connectivity index (χ0n) is 16.2. The van der Waals surface area contributed by atoms with E-state index in [1.54, 1.807) is 0 Å². The number of rotatable bonds is 15. The molecular formula is C18H31O10P. The number of phosphoric ester groups is 1. The van der Waals surface area contributed by atoms with Crippen molar-refractivity contribution in [2.24, 2.45) is 5.92 Å². The lowest BCUT2D eigenvalue weighted by atomic mass is 9.84. The molecule has 7 N–H and O–H groups in total. The number of phosphoric acid groups is 1. The Labute approximate surface area is 170 Å². The highest BCUT2D eigenvalue weighted by Crippen LogP contribution is 2.38. The molecule has 29 heavy (non-hydrogen) atoms. The second-order valence-corrected chi connectivity index (χ2v) is 7.17. The summed E-state index contributed by atoms with van der Waals surface area (Å²) in [6.07, 6.45) is 6.58. The molecule has 2 atom stereocenters. The van der Waals surface area contributed by atoms with E-state index in [1.165, 1.54) is 43.4 Å². The first-order valence-corrected chi connectivity index (χ1v) is 10.4. The Morgan fingerprint density at radius 3 is 1.72 bits per heavy atom. The highest BCUT2D eigenvalue weighted by molar-refractivity contribution is 7.46. The van der Waals surface area contributed by atoms with Crippen LogP contribution in [0, 0.1) is 5.92 Å². The minimum absolute atomic E-state index is 0.183. The predicted octanol–water partition coefficient (Wildman–Crippen LogP) is -0.588. The van der Waals surface area contributed by atoms with Crippen molar-refractivity contribution < 1.29 is 49.1 Å². The predicted molar refractivity (Wildman–Crippen MR) is 106 cm³/mol. The van der Waals surface area contributed by atoms with Gasteiger partial charge in [0.05, 0.1) is 51.8 Å². The molecule has 0 heterocycles. The van der Waals surface area contributed by atoms with Gasteiger partial charge in [0.2, 0.25) is 0 Å². The fourth-order valence-corrected chi connectivity index (χ4v) is 2.82. The maximum Gasteiger partial charge on any atom is 0.469 e. The molecule has 0 rings (SSSR count). The molecule has 0 saturated carbocycles. The van der Waals surface area contributed by atoms with Crippen molar-refractivity contribution in [1.29, 1.82) is 0 Å². The first-order valence-electron chi connectivity index (χ1n) is 8.86. The van der Waals surface area contributed by atoms with E-state index in [1.807, 2.05) is 0 Å². The van der Waals surface area contributed by atoms with Crippen molar-refractivity contribution in [3.63, 3.8) is 0 Å². The van der Waals surface area contributed by atoms with E-state index in [9.17, 15) is 19.9 Å². The Morgan fingerprint density at radius 1 is 0.897 bits per heavy atom. The molecule has 0 amide bonds. The van der Waals surface area contributed by atoms with Gasteiger partial charge in [-0.05, 0) is 18.1 Å². The summed E-state index contributed by atoms with van der Waals surface area (Å²) in [5.74, 6) is -0.829. The molecule has 0 aromatic rings. The van der Waals surface area contributed by atoms with Gasteiger partial charge in [-0.15, -0.1) is 0 Å². The van der Waals surface area contributed by atoms with Gasteiger partial charge in [0.25, 0.3) is 0 Å². The van der Waals surface area contributed by atoms with Crippen molar-refractivity contribution >= 4 is 7.82 Å². The Bertz CT molecular complexity index is 574. The van der Waals surface area contributed by atoms with Crippen molar-refractivity contribution in [2.75, 3.05) is 39.6 Å². The van der Waals surface area contributed by atoms with Crippen LogP contribution in [0.2, 0.25) is 0 Å². The van der Waals surface area contributed by atoms with Gasteiger partial charge in [0, 0.05) is 5.92 Å². The Hall–Kier alpha value is -1.17. The first kappa shape index (κ1) is 27.8. The molecule has 0 aliphatic heterocycles. The number of hydrogen-bond acceptors (Lipinski definition) is 8. The summed E-state index contributed by atoms with van der Waals surface area (Å²) >= 11 is 0. The molecule has 0 aromatic carbocycles. The molecule has 0 radical (unpaired) electrons. The van der Waals surface area contributed by atoms with Gasteiger partial charge in [0.1, 0.15) is 0 Å². The third kappa shape index (κ3) is 12.9. The van der Waals surface area contributed by atoms with Gasteiger partial charge in [-0.25, -0.2) is 4.57 Å². The largest absolute Gasteiger partial charge is 0.469 e. The van der Waals surface area contributed by atoms with Crippen LogP contribution in [0.25, 0.3) is 0 Å². The average Bonchev–Trinajstić information content (AvgIpc) is 2.64. The van der Waals surface area contributed by atoms with Gasteiger partial charge in [-0.1, -0.05) is 36.5 Å². The highest BCUT2D eigenvalue weighted by Gasteiger charge is 2.30. The highest BCUT2D eigenvalue weighted by atomic mass is 31.2. The van der Waals surface area contributed by atoms with E-state index in [0.717, 1.165) is 0 Å². The first-order chi connectivity index (χ1) is 13.7. The average molecular weight is 438 g/mol. The molecule has 11 heteroatoms. The van der Waals surface area contributed by atoms with E-state index >= 15 is 0 Å². The summed E-state index contributed by atoms with van der Waals surface area (Å²) < 4.78 is 21.4. The van der Waals surface area contributed by atoms with Crippen LogP contribution in [0.3, 0.4) is 0 Å². The van der Waals surface area contributed by atoms with Crippen LogP contribution in [0.15, 0.2) is 47.6 Å². The van der Waals surface area contributed by atoms with Gasteiger partial charge in [-0.2, -0.15) is 0 Å². The summed E-state index contributed by atoms with van der Waals surface area (Å²) in [5, 5.41) is 46.6. The summed E-state index contributed by atoms with van der Waals surface area (Å²) in [7, 11) is -4.84. The molecule has 0 aromatic heterocycles. The van der Waals surface area contributed by atoms with E-state index in [-0.39, 0.29) is 33.0 Å². The fraction of sp³-hybridized carbons (Fsp3) is 0.556. The van der Waals surface area contributed by atoms with Crippen LogP contribution in [-0.4, -0.2) is 87.2 Å².